The van der Waals surface area contributed by atoms with Crippen LogP contribution in [0.3, 0.4) is 0 Å². The SMILES string of the molecule is Cn1c(CSc2nnc(C3CCCCC3)n2N)cc(=O)n(C)c1=O. The molecule has 130 valence electrons. The van der Waals surface area contributed by atoms with Crippen LogP contribution in [0.4, 0.5) is 0 Å². The van der Waals surface area contributed by atoms with E-state index in [9.17, 15) is 9.59 Å². The Hall–Kier alpha value is -2.03. The van der Waals surface area contributed by atoms with Crippen molar-refractivity contribution in [2.75, 3.05) is 5.84 Å². The molecule has 1 aliphatic carbocycles. The molecular formula is C15H22N6O2S. The quantitative estimate of drug-likeness (QED) is 0.644. The van der Waals surface area contributed by atoms with Crippen LogP contribution in [-0.2, 0) is 19.8 Å². The van der Waals surface area contributed by atoms with Gasteiger partial charge in [0.1, 0.15) is 0 Å². The first-order valence-electron chi connectivity index (χ1n) is 8.08. The first-order chi connectivity index (χ1) is 11.5. The molecule has 2 N–H and O–H groups in total. The lowest BCUT2D eigenvalue weighted by atomic mass is 9.89. The van der Waals surface area contributed by atoms with E-state index in [1.165, 1.54) is 48.7 Å². The summed E-state index contributed by atoms with van der Waals surface area (Å²) in [5.74, 6) is 7.79. The van der Waals surface area contributed by atoms with Crippen molar-refractivity contribution in [2.45, 2.75) is 48.9 Å². The Kier molecular flexibility index (Phi) is 4.79. The van der Waals surface area contributed by atoms with Crippen LogP contribution in [0.15, 0.2) is 20.8 Å². The Labute approximate surface area is 143 Å². The fraction of sp³-hybridized carbons (Fsp3) is 0.600. The molecule has 0 atom stereocenters. The fourth-order valence-electron chi connectivity index (χ4n) is 3.08. The van der Waals surface area contributed by atoms with Gasteiger partial charge >= 0.3 is 5.69 Å². The van der Waals surface area contributed by atoms with Gasteiger partial charge in [0, 0.05) is 37.5 Å². The molecule has 0 spiro atoms. The summed E-state index contributed by atoms with van der Waals surface area (Å²) in [5, 5.41) is 9.04. The van der Waals surface area contributed by atoms with Gasteiger partial charge in [0.2, 0.25) is 5.16 Å². The van der Waals surface area contributed by atoms with Crippen molar-refractivity contribution in [3.05, 3.63) is 38.4 Å². The molecule has 0 radical (unpaired) electrons. The van der Waals surface area contributed by atoms with E-state index in [1.54, 1.807) is 11.7 Å². The first-order valence-corrected chi connectivity index (χ1v) is 9.06. The Morgan fingerprint density at radius 1 is 1.17 bits per heavy atom. The molecule has 0 saturated heterocycles. The second-order valence-corrected chi connectivity index (χ2v) is 7.15. The molecule has 24 heavy (non-hydrogen) atoms. The molecule has 0 unspecified atom stereocenters. The summed E-state index contributed by atoms with van der Waals surface area (Å²) in [5.41, 5.74) is -0.0173. The Bertz CT molecular complexity index is 847. The predicted molar refractivity (Wildman–Crippen MR) is 92.5 cm³/mol. The second kappa shape index (κ2) is 6.84. The highest BCUT2D eigenvalue weighted by Crippen LogP contribution is 2.32. The van der Waals surface area contributed by atoms with Crippen molar-refractivity contribution in [1.82, 2.24) is 24.0 Å². The second-order valence-electron chi connectivity index (χ2n) is 6.21. The number of rotatable bonds is 4. The van der Waals surface area contributed by atoms with E-state index in [-0.39, 0.29) is 11.2 Å². The number of nitrogen functional groups attached to an aromatic ring is 1. The summed E-state index contributed by atoms with van der Waals surface area (Å²) in [6.07, 6.45) is 5.88. The molecule has 0 amide bonds. The highest BCUT2D eigenvalue weighted by atomic mass is 32.2. The van der Waals surface area contributed by atoms with Gasteiger partial charge in [-0.1, -0.05) is 31.0 Å². The van der Waals surface area contributed by atoms with Crippen LogP contribution in [0, 0.1) is 0 Å². The van der Waals surface area contributed by atoms with Crippen molar-refractivity contribution in [2.24, 2.45) is 14.1 Å². The molecule has 2 heterocycles. The minimum Gasteiger partial charge on any atom is -0.336 e. The topological polar surface area (TPSA) is 101 Å². The molecule has 9 heteroatoms. The minimum atomic E-state index is -0.338. The smallest absolute Gasteiger partial charge is 0.330 e. The summed E-state index contributed by atoms with van der Waals surface area (Å²) >= 11 is 1.38. The standard InChI is InChI=1S/C15H22N6O2S/c1-19-11(8-12(22)20(2)15(19)23)9-24-14-18-17-13(21(14)16)10-6-4-3-5-7-10/h8,10H,3-7,9,16H2,1-2H3. The molecule has 3 rings (SSSR count). The van der Waals surface area contributed by atoms with E-state index >= 15 is 0 Å². The number of thioether (sulfide) groups is 1. The normalized spacial score (nSPS) is 15.8. The van der Waals surface area contributed by atoms with Crippen LogP contribution in [0.2, 0.25) is 0 Å². The van der Waals surface area contributed by atoms with Crippen LogP contribution in [-0.4, -0.2) is 24.0 Å². The van der Waals surface area contributed by atoms with Crippen molar-refractivity contribution in [1.29, 1.82) is 0 Å². The van der Waals surface area contributed by atoms with Gasteiger partial charge in [0.25, 0.3) is 5.56 Å². The van der Waals surface area contributed by atoms with E-state index in [1.807, 2.05) is 0 Å². The summed E-state index contributed by atoms with van der Waals surface area (Å²) < 4.78 is 4.11. The van der Waals surface area contributed by atoms with E-state index in [0.29, 0.717) is 22.5 Å². The van der Waals surface area contributed by atoms with Gasteiger partial charge in [-0.15, -0.1) is 10.2 Å². The van der Waals surface area contributed by atoms with Crippen LogP contribution >= 0.6 is 11.8 Å². The molecule has 8 nitrogen and oxygen atoms in total. The predicted octanol–water partition coefficient (Wildman–Crippen LogP) is 0.729. The first kappa shape index (κ1) is 16.8. The van der Waals surface area contributed by atoms with Gasteiger partial charge in [-0.05, 0) is 12.8 Å². The van der Waals surface area contributed by atoms with Crippen molar-refractivity contribution >= 4 is 11.8 Å². The van der Waals surface area contributed by atoms with Gasteiger partial charge in [-0.3, -0.25) is 13.9 Å². The van der Waals surface area contributed by atoms with E-state index < -0.39 is 0 Å². The lowest BCUT2D eigenvalue weighted by molar-refractivity contribution is 0.421. The number of nitrogens with two attached hydrogens (primary N) is 1. The lowest BCUT2D eigenvalue weighted by Crippen LogP contribution is -2.37. The third-order valence-corrected chi connectivity index (χ3v) is 5.61. The van der Waals surface area contributed by atoms with Gasteiger partial charge in [-0.25, -0.2) is 9.47 Å². The zero-order valence-electron chi connectivity index (χ0n) is 13.9. The minimum absolute atomic E-state index is 0.314. The highest BCUT2D eigenvalue weighted by molar-refractivity contribution is 7.98. The van der Waals surface area contributed by atoms with Gasteiger partial charge in [0.05, 0.1) is 0 Å². The lowest BCUT2D eigenvalue weighted by Gasteiger charge is -2.20. The molecule has 1 fully saturated rings. The summed E-state index contributed by atoms with van der Waals surface area (Å²) in [6.45, 7) is 0. The summed E-state index contributed by atoms with van der Waals surface area (Å²) in [7, 11) is 3.12. The Balaban J connectivity index is 1.77. The maximum Gasteiger partial charge on any atom is 0.330 e. The molecule has 0 aliphatic heterocycles. The van der Waals surface area contributed by atoms with Crippen LogP contribution in [0.25, 0.3) is 0 Å². The van der Waals surface area contributed by atoms with Crippen molar-refractivity contribution < 1.29 is 0 Å². The van der Waals surface area contributed by atoms with Crippen molar-refractivity contribution in [3.63, 3.8) is 0 Å². The maximum atomic E-state index is 12.0. The highest BCUT2D eigenvalue weighted by Gasteiger charge is 2.22. The molecule has 1 aliphatic rings. The number of hydrogen-bond donors (Lipinski definition) is 1. The average Bonchev–Trinajstić information content (AvgIpc) is 2.96. The third kappa shape index (κ3) is 3.12. The number of nitrogens with zero attached hydrogens (tertiary/aromatic N) is 5. The molecule has 2 aromatic rings. The van der Waals surface area contributed by atoms with Crippen LogP contribution in [0.1, 0.15) is 49.5 Å². The van der Waals surface area contributed by atoms with E-state index in [4.69, 9.17) is 5.84 Å². The third-order valence-electron chi connectivity index (χ3n) is 4.64. The fourth-order valence-corrected chi connectivity index (χ4v) is 3.97. The van der Waals surface area contributed by atoms with Crippen LogP contribution in [0.5, 0.6) is 0 Å². The Morgan fingerprint density at radius 2 is 1.88 bits per heavy atom. The zero-order valence-corrected chi connectivity index (χ0v) is 14.8. The summed E-state index contributed by atoms with van der Waals surface area (Å²) in [6, 6.07) is 1.47. The van der Waals surface area contributed by atoms with Gasteiger partial charge < -0.3 is 5.84 Å². The molecule has 0 aromatic carbocycles. The molecule has 1 saturated carbocycles. The summed E-state index contributed by atoms with van der Waals surface area (Å²) in [4.78, 5) is 23.7. The van der Waals surface area contributed by atoms with E-state index in [0.717, 1.165) is 23.2 Å². The van der Waals surface area contributed by atoms with Gasteiger partial charge in [0.15, 0.2) is 5.82 Å². The zero-order chi connectivity index (χ0) is 17.3. The van der Waals surface area contributed by atoms with Gasteiger partial charge in [-0.2, -0.15) is 0 Å². The Morgan fingerprint density at radius 3 is 2.58 bits per heavy atom. The molecule has 2 aromatic heterocycles. The largest absolute Gasteiger partial charge is 0.336 e. The number of aromatic nitrogens is 5. The molecule has 0 bridgehead atoms. The molecular weight excluding hydrogens is 328 g/mol. The number of hydrogen-bond acceptors (Lipinski definition) is 6. The average molecular weight is 350 g/mol. The monoisotopic (exact) mass is 350 g/mol. The van der Waals surface area contributed by atoms with Crippen molar-refractivity contribution in [3.8, 4) is 0 Å². The van der Waals surface area contributed by atoms with Crippen LogP contribution < -0.4 is 17.1 Å². The van der Waals surface area contributed by atoms with E-state index in [2.05, 4.69) is 10.2 Å². The maximum absolute atomic E-state index is 12.0.